The largest absolute Gasteiger partial charge is 0.378 e. The van der Waals surface area contributed by atoms with Crippen LogP contribution in [0.4, 0.5) is 11.8 Å². The van der Waals surface area contributed by atoms with E-state index >= 15 is 0 Å². The Bertz CT molecular complexity index is 671. The van der Waals surface area contributed by atoms with E-state index in [-0.39, 0.29) is 0 Å². The molecule has 0 atom stereocenters. The summed E-state index contributed by atoms with van der Waals surface area (Å²) in [5, 5.41) is 3.47. The summed E-state index contributed by atoms with van der Waals surface area (Å²) in [5.74, 6) is 1.53. The molecule has 3 rings (SSSR count). The standard InChI is InChI=1S/C17H29N7O/c1-12(2)24(13(3)4)6-5-18-15-14-16(20-11-19-14)22-17(21-15)23-7-9-25-10-8-23/h11-13H,5-10H2,1-4H3,(H2,18,19,20,21,22). The summed E-state index contributed by atoms with van der Waals surface area (Å²) in [6, 6.07) is 1.03. The van der Waals surface area contributed by atoms with E-state index in [1.807, 2.05) is 0 Å². The number of morpholine rings is 1. The second-order valence-electron chi connectivity index (χ2n) is 6.92. The van der Waals surface area contributed by atoms with Crippen LogP contribution in [0.5, 0.6) is 0 Å². The van der Waals surface area contributed by atoms with E-state index in [4.69, 9.17) is 9.72 Å². The number of hydrogen-bond acceptors (Lipinski definition) is 7. The molecule has 0 radical (unpaired) electrons. The van der Waals surface area contributed by atoms with Gasteiger partial charge in [-0.25, -0.2) is 4.98 Å². The number of imidazole rings is 1. The summed E-state index contributed by atoms with van der Waals surface area (Å²) in [6.07, 6.45) is 1.67. The highest BCUT2D eigenvalue weighted by Crippen LogP contribution is 2.21. The number of ether oxygens (including phenoxy) is 1. The molecule has 1 aliphatic heterocycles. The van der Waals surface area contributed by atoms with Gasteiger partial charge in [0.2, 0.25) is 5.95 Å². The minimum Gasteiger partial charge on any atom is -0.378 e. The molecule has 1 saturated heterocycles. The fraction of sp³-hybridized carbons (Fsp3) is 0.706. The van der Waals surface area contributed by atoms with Gasteiger partial charge in [0.15, 0.2) is 11.5 Å². The normalized spacial score (nSPS) is 15.7. The lowest BCUT2D eigenvalue weighted by Gasteiger charge is -2.30. The van der Waals surface area contributed by atoms with Gasteiger partial charge in [-0.15, -0.1) is 0 Å². The van der Waals surface area contributed by atoms with Crippen LogP contribution in [0.25, 0.3) is 11.2 Å². The Morgan fingerprint density at radius 3 is 2.60 bits per heavy atom. The lowest BCUT2D eigenvalue weighted by Crippen LogP contribution is -2.40. The maximum Gasteiger partial charge on any atom is 0.229 e. The number of fused-ring (bicyclic) bond motifs is 1. The van der Waals surface area contributed by atoms with E-state index in [2.05, 4.69) is 57.8 Å². The van der Waals surface area contributed by atoms with Crippen molar-refractivity contribution in [2.45, 2.75) is 39.8 Å². The van der Waals surface area contributed by atoms with E-state index in [1.54, 1.807) is 6.33 Å². The maximum absolute atomic E-state index is 5.42. The zero-order valence-corrected chi connectivity index (χ0v) is 15.6. The number of anilines is 2. The molecule has 0 unspecified atom stereocenters. The lowest BCUT2D eigenvalue weighted by atomic mass is 10.2. The number of nitrogens with zero attached hydrogens (tertiary/aromatic N) is 5. The number of rotatable bonds is 7. The zero-order valence-electron chi connectivity index (χ0n) is 15.6. The highest BCUT2D eigenvalue weighted by atomic mass is 16.5. The van der Waals surface area contributed by atoms with Crippen molar-refractivity contribution in [3.8, 4) is 0 Å². The Kier molecular flexibility index (Phi) is 5.70. The minimum atomic E-state index is 0.517. The van der Waals surface area contributed by atoms with Crippen LogP contribution in [-0.2, 0) is 4.74 Å². The molecule has 138 valence electrons. The van der Waals surface area contributed by atoms with Gasteiger partial charge in [0.1, 0.15) is 5.52 Å². The van der Waals surface area contributed by atoms with Crippen LogP contribution in [0.1, 0.15) is 27.7 Å². The predicted molar refractivity (Wildman–Crippen MR) is 100 cm³/mol. The molecule has 8 nitrogen and oxygen atoms in total. The number of aromatic amines is 1. The van der Waals surface area contributed by atoms with Crippen LogP contribution in [-0.4, -0.2) is 76.3 Å². The van der Waals surface area contributed by atoms with Crippen molar-refractivity contribution in [3.05, 3.63) is 6.33 Å². The highest BCUT2D eigenvalue weighted by molar-refractivity contribution is 5.83. The van der Waals surface area contributed by atoms with Crippen molar-refractivity contribution in [1.29, 1.82) is 0 Å². The molecule has 8 heteroatoms. The number of aromatic nitrogens is 4. The van der Waals surface area contributed by atoms with Gasteiger partial charge in [0.25, 0.3) is 0 Å². The summed E-state index contributed by atoms with van der Waals surface area (Å²) in [7, 11) is 0. The molecule has 0 bridgehead atoms. The molecule has 0 aliphatic carbocycles. The topological polar surface area (TPSA) is 82.2 Å². The number of hydrogen-bond donors (Lipinski definition) is 2. The van der Waals surface area contributed by atoms with Crippen molar-refractivity contribution in [2.24, 2.45) is 0 Å². The zero-order chi connectivity index (χ0) is 17.8. The molecule has 0 spiro atoms. The van der Waals surface area contributed by atoms with Gasteiger partial charge in [-0.2, -0.15) is 9.97 Å². The van der Waals surface area contributed by atoms with Crippen LogP contribution in [0.15, 0.2) is 6.33 Å². The lowest BCUT2D eigenvalue weighted by molar-refractivity contribution is 0.122. The molecule has 0 amide bonds. The van der Waals surface area contributed by atoms with Crippen molar-refractivity contribution in [1.82, 2.24) is 24.8 Å². The van der Waals surface area contributed by atoms with E-state index < -0.39 is 0 Å². The third-order valence-corrected chi connectivity index (χ3v) is 4.56. The Balaban J connectivity index is 1.74. The van der Waals surface area contributed by atoms with Crippen molar-refractivity contribution < 1.29 is 4.74 Å². The van der Waals surface area contributed by atoms with E-state index in [0.717, 1.165) is 43.5 Å². The average molecular weight is 347 g/mol. The Morgan fingerprint density at radius 2 is 1.92 bits per heavy atom. The number of H-pyrrole nitrogens is 1. The molecule has 3 heterocycles. The van der Waals surface area contributed by atoms with Gasteiger partial charge in [-0.05, 0) is 27.7 Å². The molecule has 2 aromatic heterocycles. The van der Waals surface area contributed by atoms with Crippen molar-refractivity contribution in [2.75, 3.05) is 49.6 Å². The van der Waals surface area contributed by atoms with Gasteiger partial charge in [-0.1, -0.05) is 0 Å². The van der Waals surface area contributed by atoms with Gasteiger partial charge in [-0.3, -0.25) is 4.90 Å². The third kappa shape index (κ3) is 4.19. The first-order valence-electron chi connectivity index (χ1n) is 9.09. The Hall–Kier alpha value is -1.93. The summed E-state index contributed by atoms with van der Waals surface area (Å²) >= 11 is 0. The van der Waals surface area contributed by atoms with Crippen LogP contribution < -0.4 is 10.2 Å². The molecule has 1 fully saturated rings. The van der Waals surface area contributed by atoms with Gasteiger partial charge in [0.05, 0.1) is 19.5 Å². The first kappa shape index (κ1) is 17.9. The smallest absolute Gasteiger partial charge is 0.229 e. The number of nitrogens with one attached hydrogen (secondary N) is 2. The molecule has 0 aromatic carbocycles. The highest BCUT2D eigenvalue weighted by Gasteiger charge is 2.18. The van der Waals surface area contributed by atoms with Crippen LogP contribution in [0, 0.1) is 0 Å². The summed E-state index contributed by atoms with van der Waals surface area (Å²) in [5.41, 5.74) is 1.56. The van der Waals surface area contributed by atoms with Gasteiger partial charge >= 0.3 is 0 Å². The second kappa shape index (κ2) is 7.97. The van der Waals surface area contributed by atoms with Crippen LogP contribution >= 0.6 is 0 Å². The fourth-order valence-corrected chi connectivity index (χ4v) is 3.27. The first-order valence-corrected chi connectivity index (χ1v) is 9.09. The minimum absolute atomic E-state index is 0.517. The fourth-order valence-electron chi connectivity index (χ4n) is 3.27. The maximum atomic E-state index is 5.42. The molecular formula is C17H29N7O. The Labute approximate surface area is 149 Å². The summed E-state index contributed by atoms with van der Waals surface area (Å²) in [6.45, 7) is 13.7. The molecule has 2 aromatic rings. The molecule has 0 saturated carbocycles. The first-order chi connectivity index (χ1) is 12.1. The SMILES string of the molecule is CC(C)N(CCNc1nc(N2CCOCC2)nc2nc[nH]c12)C(C)C. The Morgan fingerprint density at radius 1 is 1.20 bits per heavy atom. The third-order valence-electron chi connectivity index (χ3n) is 4.56. The quantitative estimate of drug-likeness (QED) is 0.789. The molecule has 2 N–H and O–H groups in total. The average Bonchev–Trinajstić information content (AvgIpc) is 3.07. The molecular weight excluding hydrogens is 318 g/mol. The van der Waals surface area contributed by atoms with E-state index in [1.165, 1.54) is 0 Å². The van der Waals surface area contributed by atoms with Crippen molar-refractivity contribution in [3.63, 3.8) is 0 Å². The summed E-state index contributed by atoms with van der Waals surface area (Å²) < 4.78 is 5.42. The second-order valence-corrected chi connectivity index (χ2v) is 6.92. The predicted octanol–water partition coefficient (Wildman–Crippen LogP) is 1.72. The van der Waals surface area contributed by atoms with Crippen LogP contribution in [0.2, 0.25) is 0 Å². The van der Waals surface area contributed by atoms with Gasteiger partial charge < -0.3 is 19.9 Å². The van der Waals surface area contributed by atoms with E-state index in [0.29, 0.717) is 30.9 Å². The van der Waals surface area contributed by atoms with Crippen LogP contribution in [0.3, 0.4) is 0 Å². The molecule has 25 heavy (non-hydrogen) atoms. The monoisotopic (exact) mass is 347 g/mol. The molecule has 1 aliphatic rings. The van der Waals surface area contributed by atoms with Crippen molar-refractivity contribution >= 4 is 22.9 Å². The van der Waals surface area contributed by atoms with E-state index in [9.17, 15) is 0 Å². The summed E-state index contributed by atoms with van der Waals surface area (Å²) in [4.78, 5) is 21.4. The van der Waals surface area contributed by atoms with Gasteiger partial charge in [0, 0.05) is 38.3 Å².